The lowest BCUT2D eigenvalue weighted by atomic mass is 9.99. The second-order valence-corrected chi connectivity index (χ2v) is 5.52. The van der Waals surface area contributed by atoms with E-state index in [2.05, 4.69) is 36.4 Å². The molecule has 1 saturated heterocycles. The zero-order valence-corrected chi connectivity index (χ0v) is 11.5. The molecule has 0 aromatic heterocycles. The van der Waals surface area contributed by atoms with E-state index in [1.54, 1.807) is 0 Å². The molecule has 3 rings (SSSR count). The van der Waals surface area contributed by atoms with Crippen LogP contribution in [0.3, 0.4) is 0 Å². The normalized spacial score (nSPS) is 18.5. The molecular weight excluding hydrogens is 246 g/mol. The Bertz CT molecular complexity index is 564. The Kier molecular flexibility index (Phi) is 3.82. The molecule has 0 N–H and O–H groups in total. The van der Waals surface area contributed by atoms with Crippen LogP contribution in [-0.4, -0.2) is 17.4 Å². The van der Waals surface area contributed by atoms with E-state index in [9.17, 15) is 4.79 Å². The number of hydrogen-bond donors (Lipinski definition) is 0. The highest BCUT2D eigenvalue weighted by Crippen LogP contribution is 2.23. The van der Waals surface area contributed by atoms with E-state index in [0.717, 1.165) is 19.5 Å². The molecule has 2 aromatic rings. The minimum atomic E-state index is 0.287. The third-order valence-corrected chi connectivity index (χ3v) is 3.88. The second-order valence-electron chi connectivity index (χ2n) is 5.52. The first-order valence-corrected chi connectivity index (χ1v) is 7.17. The maximum absolute atomic E-state index is 12.1. The van der Waals surface area contributed by atoms with Crippen molar-refractivity contribution in [3.8, 4) is 0 Å². The van der Waals surface area contributed by atoms with Crippen molar-refractivity contribution < 1.29 is 4.79 Å². The second kappa shape index (κ2) is 5.91. The van der Waals surface area contributed by atoms with Crippen molar-refractivity contribution in [3.05, 3.63) is 71.8 Å². The van der Waals surface area contributed by atoms with Crippen LogP contribution < -0.4 is 0 Å². The third-order valence-electron chi connectivity index (χ3n) is 3.88. The van der Waals surface area contributed by atoms with Gasteiger partial charge in [-0.1, -0.05) is 60.7 Å². The Morgan fingerprint density at radius 3 is 2.15 bits per heavy atom. The molecule has 0 saturated carbocycles. The Labute approximate surface area is 120 Å². The minimum Gasteiger partial charge on any atom is -0.338 e. The standard InChI is InChI=1S/C18H19NO/c20-18-12-17(11-15-7-3-1-4-8-15)14-19(18)13-16-9-5-2-6-10-16/h1-10,17H,11-14H2. The van der Waals surface area contributed by atoms with Crippen LogP contribution in [0.2, 0.25) is 0 Å². The van der Waals surface area contributed by atoms with Crippen molar-refractivity contribution in [1.82, 2.24) is 4.90 Å². The summed E-state index contributed by atoms with van der Waals surface area (Å²) in [6.45, 7) is 1.62. The number of likely N-dealkylation sites (tertiary alicyclic amines) is 1. The van der Waals surface area contributed by atoms with E-state index in [1.165, 1.54) is 11.1 Å². The SMILES string of the molecule is O=C1CC(Cc2ccccc2)CN1Cc1ccccc1. The van der Waals surface area contributed by atoms with Crippen LogP contribution in [0.5, 0.6) is 0 Å². The van der Waals surface area contributed by atoms with Crippen molar-refractivity contribution in [2.45, 2.75) is 19.4 Å². The molecule has 102 valence electrons. The molecule has 0 spiro atoms. The lowest BCUT2D eigenvalue weighted by Gasteiger charge is -2.16. The van der Waals surface area contributed by atoms with E-state index in [0.29, 0.717) is 12.3 Å². The van der Waals surface area contributed by atoms with Gasteiger partial charge in [0.05, 0.1) is 0 Å². The van der Waals surface area contributed by atoms with Crippen molar-refractivity contribution >= 4 is 5.91 Å². The summed E-state index contributed by atoms with van der Waals surface area (Å²) < 4.78 is 0. The van der Waals surface area contributed by atoms with Crippen LogP contribution in [0.4, 0.5) is 0 Å². The predicted molar refractivity (Wildman–Crippen MR) is 80.1 cm³/mol. The molecule has 0 radical (unpaired) electrons. The maximum Gasteiger partial charge on any atom is 0.223 e. The maximum atomic E-state index is 12.1. The first kappa shape index (κ1) is 12.9. The molecule has 1 aliphatic rings. The summed E-state index contributed by atoms with van der Waals surface area (Å²) in [4.78, 5) is 14.1. The quantitative estimate of drug-likeness (QED) is 0.830. The lowest BCUT2D eigenvalue weighted by Crippen LogP contribution is -2.24. The summed E-state index contributed by atoms with van der Waals surface area (Å²) in [5, 5.41) is 0. The molecule has 0 aliphatic carbocycles. The van der Waals surface area contributed by atoms with Gasteiger partial charge in [0.25, 0.3) is 0 Å². The van der Waals surface area contributed by atoms with Gasteiger partial charge in [-0.2, -0.15) is 0 Å². The van der Waals surface area contributed by atoms with Gasteiger partial charge in [-0.25, -0.2) is 0 Å². The van der Waals surface area contributed by atoms with E-state index >= 15 is 0 Å². The van der Waals surface area contributed by atoms with Gasteiger partial charge in [0.15, 0.2) is 0 Å². The molecule has 2 nitrogen and oxygen atoms in total. The van der Waals surface area contributed by atoms with Crippen LogP contribution in [0.25, 0.3) is 0 Å². The molecule has 1 amide bonds. The summed E-state index contributed by atoms with van der Waals surface area (Å²) in [6, 6.07) is 20.7. The van der Waals surface area contributed by atoms with Crippen LogP contribution in [0.15, 0.2) is 60.7 Å². The molecule has 0 bridgehead atoms. The Hall–Kier alpha value is -2.09. The first-order valence-electron chi connectivity index (χ1n) is 7.17. The Morgan fingerprint density at radius 1 is 0.900 bits per heavy atom. The van der Waals surface area contributed by atoms with Crippen molar-refractivity contribution in [3.63, 3.8) is 0 Å². The molecule has 1 fully saturated rings. The van der Waals surface area contributed by atoms with E-state index < -0.39 is 0 Å². The zero-order chi connectivity index (χ0) is 13.8. The molecule has 2 aromatic carbocycles. The van der Waals surface area contributed by atoms with Crippen LogP contribution in [0, 0.1) is 5.92 Å². The van der Waals surface area contributed by atoms with E-state index in [-0.39, 0.29) is 5.91 Å². The van der Waals surface area contributed by atoms with Gasteiger partial charge in [0.2, 0.25) is 5.91 Å². The van der Waals surface area contributed by atoms with Crippen LogP contribution in [-0.2, 0) is 17.8 Å². The number of amides is 1. The number of benzene rings is 2. The number of nitrogens with zero attached hydrogens (tertiary/aromatic N) is 1. The van der Waals surface area contributed by atoms with Gasteiger partial charge in [0.1, 0.15) is 0 Å². The number of carbonyl (C=O) groups excluding carboxylic acids is 1. The highest BCUT2D eigenvalue weighted by Gasteiger charge is 2.29. The summed E-state index contributed by atoms with van der Waals surface area (Å²) >= 11 is 0. The Balaban J connectivity index is 1.61. The van der Waals surface area contributed by atoms with E-state index in [1.807, 2.05) is 29.2 Å². The predicted octanol–water partition coefficient (Wildman–Crippen LogP) is 3.28. The largest absolute Gasteiger partial charge is 0.338 e. The number of hydrogen-bond acceptors (Lipinski definition) is 1. The first-order chi connectivity index (χ1) is 9.81. The summed E-state index contributed by atoms with van der Waals surface area (Å²) in [7, 11) is 0. The van der Waals surface area contributed by atoms with E-state index in [4.69, 9.17) is 0 Å². The Morgan fingerprint density at radius 2 is 1.50 bits per heavy atom. The molecule has 20 heavy (non-hydrogen) atoms. The molecule has 1 heterocycles. The van der Waals surface area contributed by atoms with Crippen molar-refractivity contribution in [1.29, 1.82) is 0 Å². The average molecular weight is 265 g/mol. The fourth-order valence-corrected chi connectivity index (χ4v) is 2.89. The van der Waals surface area contributed by atoms with Crippen LogP contribution in [0.1, 0.15) is 17.5 Å². The molecule has 1 unspecified atom stereocenters. The highest BCUT2D eigenvalue weighted by molar-refractivity contribution is 5.78. The van der Waals surface area contributed by atoms with Gasteiger partial charge in [-0.05, 0) is 23.5 Å². The minimum absolute atomic E-state index is 0.287. The topological polar surface area (TPSA) is 20.3 Å². The molecular formula is C18H19NO. The van der Waals surface area contributed by atoms with Gasteiger partial charge in [-0.15, -0.1) is 0 Å². The monoisotopic (exact) mass is 265 g/mol. The molecule has 2 heteroatoms. The third kappa shape index (κ3) is 3.08. The van der Waals surface area contributed by atoms with Crippen LogP contribution >= 0.6 is 0 Å². The zero-order valence-electron chi connectivity index (χ0n) is 11.5. The van der Waals surface area contributed by atoms with Gasteiger partial charge in [0, 0.05) is 19.5 Å². The fourth-order valence-electron chi connectivity index (χ4n) is 2.89. The smallest absolute Gasteiger partial charge is 0.223 e. The summed E-state index contributed by atoms with van der Waals surface area (Å²) in [6.07, 6.45) is 1.68. The summed E-state index contributed by atoms with van der Waals surface area (Å²) in [5.74, 6) is 0.739. The van der Waals surface area contributed by atoms with Gasteiger partial charge in [-0.3, -0.25) is 4.79 Å². The number of rotatable bonds is 4. The molecule has 1 aliphatic heterocycles. The molecule has 1 atom stereocenters. The van der Waals surface area contributed by atoms with Crippen molar-refractivity contribution in [2.24, 2.45) is 5.92 Å². The lowest BCUT2D eigenvalue weighted by molar-refractivity contribution is -0.128. The summed E-state index contributed by atoms with van der Waals surface area (Å²) in [5.41, 5.74) is 2.54. The fraction of sp³-hybridized carbons (Fsp3) is 0.278. The van der Waals surface area contributed by atoms with Gasteiger partial charge < -0.3 is 4.90 Å². The average Bonchev–Trinajstić information content (AvgIpc) is 2.81. The number of carbonyl (C=O) groups is 1. The highest BCUT2D eigenvalue weighted by atomic mass is 16.2. The van der Waals surface area contributed by atoms with Gasteiger partial charge >= 0.3 is 0 Å². The van der Waals surface area contributed by atoms with Crippen molar-refractivity contribution in [2.75, 3.05) is 6.54 Å².